The van der Waals surface area contributed by atoms with Gasteiger partial charge in [0.05, 0.1) is 0 Å². The first-order chi connectivity index (χ1) is 12.7. The normalized spacial score (nSPS) is 15.3. The Morgan fingerprint density at radius 3 is 2.65 bits per heavy atom. The van der Waals surface area contributed by atoms with Crippen LogP contribution in [0.15, 0.2) is 42.5 Å². The number of aromatic nitrogens is 4. The molecule has 1 aliphatic rings. The fraction of sp³-hybridized carbons (Fsp3) is 0.368. The van der Waals surface area contributed by atoms with Gasteiger partial charge in [-0.1, -0.05) is 18.2 Å². The van der Waals surface area contributed by atoms with Gasteiger partial charge in [-0.3, -0.25) is 4.79 Å². The fourth-order valence-corrected chi connectivity index (χ4v) is 3.34. The van der Waals surface area contributed by atoms with Crippen molar-refractivity contribution in [2.75, 3.05) is 25.0 Å². The minimum atomic E-state index is 0.132. The molecule has 7 heteroatoms. The molecule has 0 aliphatic carbocycles. The van der Waals surface area contributed by atoms with E-state index in [1.807, 2.05) is 54.3 Å². The lowest BCUT2D eigenvalue weighted by molar-refractivity contribution is 0.0695. The fourth-order valence-electron chi connectivity index (χ4n) is 3.34. The Balaban J connectivity index is 1.31. The van der Waals surface area contributed by atoms with Crippen LogP contribution in [0.3, 0.4) is 0 Å². The van der Waals surface area contributed by atoms with E-state index >= 15 is 0 Å². The third-order valence-corrected chi connectivity index (χ3v) is 4.91. The Morgan fingerprint density at radius 2 is 1.88 bits per heavy atom. The first-order valence-corrected chi connectivity index (χ1v) is 8.98. The van der Waals surface area contributed by atoms with Gasteiger partial charge in [-0.2, -0.15) is 4.52 Å². The average Bonchev–Trinajstić information content (AvgIpc) is 3.07. The lowest BCUT2D eigenvalue weighted by Gasteiger charge is -2.32. The van der Waals surface area contributed by atoms with Crippen LogP contribution in [0, 0.1) is 12.8 Å². The summed E-state index contributed by atoms with van der Waals surface area (Å²) in [6, 6.07) is 13.3. The molecule has 4 rings (SSSR count). The van der Waals surface area contributed by atoms with Crippen LogP contribution in [-0.4, -0.2) is 50.3 Å². The van der Waals surface area contributed by atoms with Crippen molar-refractivity contribution in [1.29, 1.82) is 0 Å². The number of nitrogens with zero attached hydrogens (tertiary/aromatic N) is 5. The van der Waals surface area contributed by atoms with Gasteiger partial charge in [0.25, 0.3) is 5.91 Å². The zero-order chi connectivity index (χ0) is 17.9. The summed E-state index contributed by atoms with van der Waals surface area (Å²) < 4.78 is 1.74. The number of carbonyl (C=O) groups excluding carboxylic acids is 1. The quantitative estimate of drug-likeness (QED) is 0.782. The second-order valence-corrected chi connectivity index (χ2v) is 6.72. The summed E-state index contributed by atoms with van der Waals surface area (Å²) in [5.74, 6) is 2.26. The molecule has 1 saturated heterocycles. The molecule has 1 fully saturated rings. The number of hydrogen-bond acceptors (Lipinski definition) is 5. The van der Waals surface area contributed by atoms with E-state index in [1.54, 1.807) is 4.52 Å². The Bertz CT molecular complexity index is 899. The van der Waals surface area contributed by atoms with Gasteiger partial charge in [0.1, 0.15) is 5.82 Å². The summed E-state index contributed by atoms with van der Waals surface area (Å²) in [4.78, 5) is 14.5. The third-order valence-electron chi connectivity index (χ3n) is 4.91. The number of fused-ring (bicyclic) bond motifs is 1. The molecular weight excluding hydrogens is 328 g/mol. The first kappa shape index (κ1) is 16.5. The molecule has 3 heterocycles. The van der Waals surface area contributed by atoms with Gasteiger partial charge in [-0.25, -0.2) is 0 Å². The van der Waals surface area contributed by atoms with Crippen LogP contribution in [-0.2, 0) is 0 Å². The SMILES string of the molecule is Cc1nnc2ccc(NCC3CCN(C(=O)c4ccccc4)CC3)nn12. The van der Waals surface area contributed by atoms with Crippen LogP contribution >= 0.6 is 0 Å². The number of aryl methyl sites for hydroxylation is 1. The highest BCUT2D eigenvalue weighted by Crippen LogP contribution is 2.20. The molecule has 0 saturated carbocycles. The molecule has 1 aromatic carbocycles. The second-order valence-electron chi connectivity index (χ2n) is 6.72. The van der Waals surface area contributed by atoms with Crippen LogP contribution < -0.4 is 5.32 Å². The maximum Gasteiger partial charge on any atom is 0.253 e. The molecule has 0 unspecified atom stereocenters. The summed E-state index contributed by atoms with van der Waals surface area (Å²) in [5, 5.41) is 16.0. The summed E-state index contributed by atoms with van der Waals surface area (Å²) >= 11 is 0. The topological polar surface area (TPSA) is 75.4 Å². The maximum atomic E-state index is 12.5. The van der Waals surface area contributed by atoms with Gasteiger partial charge in [0.2, 0.25) is 0 Å². The predicted molar refractivity (Wildman–Crippen MR) is 99.1 cm³/mol. The van der Waals surface area contributed by atoms with Crippen molar-refractivity contribution in [3.05, 3.63) is 53.9 Å². The molecular formula is C19H22N6O. The van der Waals surface area contributed by atoms with Gasteiger partial charge in [0, 0.05) is 25.2 Å². The van der Waals surface area contributed by atoms with Crippen LogP contribution in [0.2, 0.25) is 0 Å². The van der Waals surface area contributed by atoms with Crippen molar-refractivity contribution in [3.63, 3.8) is 0 Å². The number of rotatable bonds is 4. The number of carbonyl (C=O) groups is 1. The monoisotopic (exact) mass is 350 g/mol. The Kier molecular flexibility index (Phi) is 4.51. The van der Waals surface area contributed by atoms with Crippen molar-refractivity contribution < 1.29 is 4.79 Å². The van der Waals surface area contributed by atoms with Gasteiger partial charge >= 0.3 is 0 Å². The lowest BCUT2D eigenvalue weighted by atomic mass is 9.96. The number of anilines is 1. The molecule has 1 N–H and O–H groups in total. The molecule has 0 spiro atoms. The van der Waals surface area contributed by atoms with Crippen LogP contribution in [0.25, 0.3) is 5.65 Å². The van der Waals surface area contributed by atoms with E-state index < -0.39 is 0 Å². The molecule has 134 valence electrons. The number of benzene rings is 1. The Labute approximate surface area is 152 Å². The number of nitrogens with one attached hydrogen (secondary N) is 1. The summed E-state index contributed by atoms with van der Waals surface area (Å²) in [6.45, 7) is 4.34. The van der Waals surface area contributed by atoms with Gasteiger partial charge < -0.3 is 10.2 Å². The molecule has 2 aromatic heterocycles. The van der Waals surface area contributed by atoms with Gasteiger partial charge in [0.15, 0.2) is 11.5 Å². The molecule has 26 heavy (non-hydrogen) atoms. The Morgan fingerprint density at radius 1 is 1.12 bits per heavy atom. The molecule has 7 nitrogen and oxygen atoms in total. The molecule has 1 amide bonds. The minimum Gasteiger partial charge on any atom is -0.368 e. The predicted octanol–water partition coefficient (Wildman–Crippen LogP) is 2.40. The number of amides is 1. The molecule has 0 radical (unpaired) electrons. The summed E-state index contributed by atoms with van der Waals surface area (Å²) in [7, 11) is 0. The standard InChI is InChI=1S/C19H22N6O/c1-14-21-22-18-8-7-17(23-25(14)18)20-13-15-9-11-24(12-10-15)19(26)16-5-3-2-4-6-16/h2-8,15H,9-13H2,1H3,(H,20,23). The van der Waals surface area contributed by atoms with E-state index in [1.165, 1.54) is 0 Å². The number of hydrogen-bond donors (Lipinski definition) is 1. The number of likely N-dealkylation sites (tertiary alicyclic amines) is 1. The highest BCUT2D eigenvalue weighted by atomic mass is 16.2. The molecule has 1 aliphatic heterocycles. The molecule has 0 atom stereocenters. The Hall–Kier alpha value is -2.96. The highest BCUT2D eigenvalue weighted by Gasteiger charge is 2.23. The van der Waals surface area contributed by atoms with Crippen molar-refractivity contribution >= 4 is 17.4 Å². The third kappa shape index (κ3) is 3.37. The van der Waals surface area contributed by atoms with Crippen molar-refractivity contribution in [1.82, 2.24) is 24.7 Å². The largest absolute Gasteiger partial charge is 0.368 e. The maximum absolute atomic E-state index is 12.5. The van der Waals surface area contributed by atoms with E-state index in [4.69, 9.17) is 0 Å². The molecule has 3 aromatic rings. The number of piperidine rings is 1. The smallest absolute Gasteiger partial charge is 0.253 e. The van der Waals surface area contributed by atoms with E-state index in [2.05, 4.69) is 20.6 Å². The van der Waals surface area contributed by atoms with E-state index in [-0.39, 0.29) is 5.91 Å². The van der Waals surface area contributed by atoms with E-state index in [9.17, 15) is 4.79 Å². The van der Waals surface area contributed by atoms with Gasteiger partial charge in [-0.15, -0.1) is 15.3 Å². The summed E-state index contributed by atoms with van der Waals surface area (Å²) in [5.41, 5.74) is 1.52. The van der Waals surface area contributed by atoms with Crippen molar-refractivity contribution in [3.8, 4) is 0 Å². The average molecular weight is 350 g/mol. The summed E-state index contributed by atoms with van der Waals surface area (Å²) in [6.07, 6.45) is 2.00. The second kappa shape index (κ2) is 7.11. The van der Waals surface area contributed by atoms with E-state index in [0.717, 1.165) is 55.3 Å². The highest BCUT2D eigenvalue weighted by molar-refractivity contribution is 5.94. The van der Waals surface area contributed by atoms with Crippen molar-refractivity contribution in [2.24, 2.45) is 5.92 Å². The van der Waals surface area contributed by atoms with Gasteiger partial charge in [-0.05, 0) is 49.9 Å². The lowest BCUT2D eigenvalue weighted by Crippen LogP contribution is -2.39. The zero-order valence-corrected chi connectivity index (χ0v) is 14.8. The van der Waals surface area contributed by atoms with Crippen LogP contribution in [0.4, 0.5) is 5.82 Å². The van der Waals surface area contributed by atoms with E-state index in [0.29, 0.717) is 5.92 Å². The first-order valence-electron chi connectivity index (χ1n) is 8.98. The molecule has 0 bridgehead atoms. The zero-order valence-electron chi connectivity index (χ0n) is 14.8. The van der Waals surface area contributed by atoms with Crippen LogP contribution in [0.1, 0.15) is 29.0 Å². The van der Waals surface area contributed by atoms with Crippen LogP contribution in [0.5, 0.6) is 0 Å². The minimum absolute atomic E-state index is 0.132. The van der Waals surface area contributed by atoms with Crippen molar-refractivity contribution in [2.45, 2.75) is 19.8 Å².